The standard InChI is InChI=1S/C27H34N2O7.C26H32N2O5.C20H27N3O6/c1-5-36-27(33)21(12-11-18-9-7-6-8-10-18)28-17(2)25(30)29-16-20-15-24(35-4)23(34-3)14-19(20)13-22(29)26(31)32;1-3-33-26(32)23(14-13-19-9-5-4-6-10-19)27-18(2)25(31)28(17-24(29)30)22-15-20-11-7-8-12-21(20)16-22;1-4-29-19(27)15(11-10-14-8-6-5-7-9-14)21-13(2)17(24)23-16(18(25)26)12-22(3)20(23)28/h6-10,14-15,17,21-22,28H,5,11-13,16H2,1-4H3,(H,31,32);4-12,18,22-23,27H,3,13-17H2,1-2H3,(H,29,30);5-9,13,15-16,21H,4,10-12H2,1-3H3,(H,25,26)/t17-,21-,22-;18-,23-;13-,15-,16-/m000/s1. The van der Waals surface area contributed by atoms with Gasteiger partial charge in [-0.2, -0.15) is 0 Å². The second-order valence-corrected chi connectivity index (χ2v) is 24.1. The molecule has 1 aliphatic carbocycles. The molecule has 5 amide bonds. The van der Waals surface area contributed by atoms with Crippen molar-refractivity contribution in [1.29, 1.82) is 0 Å². The molecule has 25 heteroatoms. The lowest BCUT2D eigenvalue weighted by atomic mass is 9.92. The van der Waals surface area contributed by atoms with E-state index >= 15 is 0 Å². The molecule has 8 atom stereocenters. The average Bonchev–Trinajstić information content (AvgIpc) is 1.03. The molecule has 0 bridgehead atoms. The fourth-order valence-corrected chi connectivity index (χ4v) is 12.1. The van der Waals surface area contributed by atoms with Crippen LogP contribution in [-0.2, 0) is 102 Å². The zero-order chi connectivity index (χ0) is 71.6. The summed E-state index contributed by atoms with van der Waals surface area (Å²) in [5, 5.41) is 37.8. The molecule has 1 saturated heterocycles. The van der Waals surface area contributed by atoms with Gasteiger partial charge in [0.25, 0.3) is 0 Å². The third-order valence-electron chi connectivity index (χ3n) is 17.1. The van der Waals surface area contributed by atoms with Gasteiger partial charge in [-0.15, -0.1) is 0 Å². The molecule has 5 aromatic rings. The molecule has 1 fully saturated rings. The van der Waals surface area contributed by atoms with Crippen LogP contribution in [0.25, 0.3) is 0 Å². The first-order valence-electron chi connectivity index (χ1n) is 33.0. The summed E-state index contributed by atoms with van der Waals surface area (Å²) in [7, 11) is 4.47. The van der Waals surface area contributed by atoms with Gasteiger partial charge in [-0.25, -0.2) is 19.3 Å². The second kappa shape index (κ2) is 38.3. The van der Waals surface area contributed by atoms with Crippen molar-refractivity contribution < 1.29 is 86.9 Å². The molecule has 0 saturated carbocycles. The maximum Gasteiger partial charge on any atom is 0.328 e. The number of rotatable bonds is 31. The second-order valence-electron chi connectivity index (χ2n) is 24.1. The monoisotopic (exact) mass is 1360 g/mol. The number of hydrogen-bond acceptors (Lipinski definition) is 18. The number of nitrogens with zero attached hydrogens (tertiary/aromatic N) is 4. The van der Waals surface area contributed by atoms with Crippen LogP contribution in [0.2, 0.25) is 0 Å². The van der Waals surface area contributed by atoms with Gasteiger partial charge in [-0.05, 0) is 144 Å². The number of carbonyl (C=O) groups excluding carboxylic acids is 7. The molecule has 98 heavy (non-hydrogen) atoms. The minimum Gasteiger partial charge on any atom is -0.493 e. The molecular formula is C73H93N7O18. The molecule has 5 aromatic carbocycles. The van der Waals surface area contributed by atoms with Gasteiger partial charge in [0.1, 0.15) is 30.7 Å². The summed E-state index contributed by atoms with van der Waals surface area (Å²) in [5.41, 5.74) is 7.04. The number of likely N-dealkylation sites (N-methyl/N-ethyl adjacent to an activating group) is 1. The topological polar surface area (TPSA) is 327 Å². The number of methoxy groups -OCH3 is 2. The lowest BCUT2D eigenvalue weighted by molar-refractivity contribution is -0.153. The number of benzene rings is 5. The zero-order valence-electron chi connectivity index (χ0n) is 57.2. The van der Waals surface area contributed by atoms with Crippen LogP contribution >= 0.6 is 0 Å². The normalized spacial score (nSPS) is 16.5. The highest BCUT2D eigenvalue weighted by Gasteiger charge is 2.46. The van der Waals surface area contributed by atoms with Gasteiger partial charge in [0.15, 0.2) is 17.5 Å². The lowest BCUT2D eigenvalue weighted by Crippen LogP contribution is -2.56. The number of fused-ring (bicyclic) bond motifs is 2. The first-order valence-corrected chi connectivity index (χ1v) is 33.0. The molecule has 0 spiro atoms. The Hall–Kier alpha value is -9.72. The van der Waals surface area contributed by atoms with E-state index in [4.69, 9.17) is 23.7 Å². The van der Waals surface area contributed by atoms with Crippen molar-refractivity contribution in [3.05, 3.63) is 166 Å². The number of hydrogen-bond donors (Lipinski definition) is 6. The van der Waals surface area contributed by atoms with Crippen LogP contribution in [0.1, 0.15) is 99.7 Å². The number of esters is 3. The summed E-state index contributed by atoms with van der Waals surface area (Å²) in [6, 6.07) is 32.7. The highest BCUT2D eigenvalue weighted by molar-refractivity contribution is 6.03. The van der Waals surface area contributed by atoms with E-state index in [1.165, 1.54) is 42.9 Å². The molecule has 2 heterocycles. The Bertz CT molecular complexity index is 3480. The fourth-order valence-electron chi connectivity index (χ4n) is 12.1. The molecule has 0 aromatic heterocycles. The van der Waals surface area contributed by atoms with Crippen molar-refractivity contribution in [1.82, 2.24) is 35.6 Å². The SMILES string of the molecule is CCOC(=O)[C@H](CCc1ccccc1)N[C@@H](C)C(=O)N(CC(=O)O)C1Cc2ccccc2C1.CCOC(=O)[C@H](CCc1ccccc1)N[C@@H](C)C(=O)N1C(=O)N(C)C[C@H]1C(=O)O.CCOC(=O)[C@H](CCc1ccccc1)N[C@@H](C)C(=O)N1Cc2cc(OC)c(OC)cc2C[C@H]1C(=O)O. The highest BCUT2D eigenvalue weighted by atomic mass is 16.5. The van der Waals surface area contributed by atoms with Crippen LogP contribution in [0.5, 0.6) is 11.5 Å². The predicted octanol–water partition coefficient (Wildman–Crippen LogP) is 6.07. The Labute approximate surface area is 572 Å². The molecule has 2 aliphatic heterocycles. The summed E-state index contributed by atoms with van der Waals surface area (Å²) in [6.07, 6.45) is 4.52. The Kier molecular flexibility index (Phi) is 30.2. The quantitative estimate of drug-likeness (QED) is 0.0217. The minimum absolute atomic E-state index is 0.0814. The van der Waals surface area contributed by atoms with Crippen LogP contribution in [0.15, 0.2) is 127 Å². The largest absolute Gasteiger partial charge is 0.493 e. The van der Waals surface area contributed by atoms with Crippen molar-refractivity contribution in [2.24, 2.45) is 0 Å². The van der Waals surface area contributed by atoms with E-state index < -0.39 is 102 Å². The van der Waals surface area contributed by atoms with E-state index in [0.717, 1.165) is 43.8 Å². The van der Waals surface area contributed by atoms with E-state index in [2.05, 4.69) is 16.0 Å². The molecule has 25 nitrogen and oxygen atoms in total. The van der Waals surface area contributed by atoms with Crippen LogP contribution in [0.3, 0.4) is 0 Å². The number of urea groups is 1. The number of aliphatic carboxylic acids is 3. The Balaban J connectivity index is 0.000000233. The van der Waals surface area contributed by atoms with Gasteiger partial charge in [0.05, 0.1) is 58.7 Å². The number of aryl methyl sites for hydroxylation is 3. The van der Waals surface area contributed by atoms with Crippen LogP contribution in [-0.4, -0.2) is 203 Å². The third kappa shape index (κ3) is 21.9. The maximum atomic E-state index is 13.5. The zero-order valence-corrected chi connectivity index (χ0v) is 57.2. The fraction of sp³-hybridized carbons (Fsp3) is 0.452. The van der Waals surface area contributed by atoms with Gasteiger partial charge in [-0.1, -0.05) is 115 Å². The Morgan fingerprint density at radius 1 is 0.520 bits per heavy atom. The number of nitrogens with one attached hydrogen (secondary N) is 3. The van der Waals surface area contributed by atoms with Crippen molar-refractivity contribution in [2.45, 2.75) is 160 Å². The molecule has 8 rings (SSSR count). The first-order chi connectivity index (χ1) is 46.9. The molecular weight excluding hydrogens is 1260 g/mol. The number of carbonyl (C=O) groups is 10. The smallest absolute Gasteiger partial charge is 0.328 e. The predicted molar refractivity (Wildman–Crippen MR) is 362 cm³/mol. The van der Waals surface area contributed by atoms with Gasteiger partial charge < -0.3 is 53.7 Å². The summed E-state index contributed by atoms with van der Waals surface area (Å²) in [5.74, 6) is -5.18. The van der Waals surface area contributed by atoms with Crippen molar-refractivity contribution in [3.8, 4) is 11.5 Å². The summed E-state index contributed by atoms with van der Waals surface area (Å²) in [4.78, 5) is 129. The van der Waals surface area contributed by atoms with E-state index in [9.17, 15) is 63.3 Å². The van der Waals surface area contributed by atoms with E-state index in [1.807, 2.05) is 115 Å². The van der Waals surface area contributed by atoms with E-state index in [1.54, 1.807) is 46.8 Å². The Morgan fingerprint density at radius 3 is 1.30 bits per heavy atom. The average molecular weight is 1360 g/mol. The van der Waals surface area contributed by atoms with Crippen molar-refractivity contribution >= 4 is 59.6 Å². The minimum atomic E-state index is -1.26. The van der Waals surface area contributed by atoms with Crippen molar-refractivity contribution in [3.63, 3.8) is 0 Å². The summed E-state index contributed by atoms with van der Waals surface area (Å²) >= 11 is 0. The molecule has 6 N–H and O–H groups in total. The van der Waals surface area contributed by atoms with Crippen LogP contribution < -0.4 is 25.4 Å². The lowest BCUT2D eigenvalue weighted by Gasteiger charge is -2.37. The van der Waals surface area contributed by atoms with Crippen molar-refractivity contribution in [2.75, 3.05) is 54.2 Å². The molecule has 3 aliphatic rings. The summed E-state index contributed by atoms with van der Waals surface area (Å²) in [6.45, 7) is 10.3. The van der Waals surface area contributed by atoms with Crippen LogP contribution in [0.4, 0.5) is 4.79 Å². The van der Waals surface area contributed by atoms with Gasteiger partial charge in [0, 0.05) is 26.1 Å². The van der Waals surface area contributed by atoms with Crippen LogP contribution in [0, 0.1) is 0 Å². The maximum absolute atomic E-state index is 13.5. The van der Waals surface area contributed by atoms with Gasteiger partial charge >= 0.3 is 41.8 Å². The molecule has 528 valence electrons. The van der Waals surface area contributed by atoms with E-state index in [-0.39, 0.29) is 57.8 Å². The molecule has 0 radical (unpaired) electrons. The number of imide groups is 1. The number of ether oxygens (including phenoxy) is 5. The third-order valence-corrected chi connectivity index (χ3v) is 17.1. The molecule has 0 unspecified atom stereocenters. The number of carboxylic acid groups (broad SMARTS) is 3. The number of amides is 5. The Morgan fingerprint density at radius 2 is 0.908 bits per heavy atom. The van der Waals surface area contributed by atoms with Gasteiger partial charge in [0.2, 0.25) is 17.7 Å². The van der Waals surface area contributed by atoms with Gasteiger partial charge in [-0.3, -0.25) is 49.5 Å². The van der Waals surface area contributed by atoms with E-state index in [0.29, 0.717) is 62.9 Å². The highest BCUT2D eigenvalue weighted by Crippen LogP contribution is 2.35. The first kappa shape index (κ1) is 77.3. The summed E-state index contributed by atoms with van der Waals surface area (Å²) < 4.78 is 26.3. The number of carboxylic acids is 3.